The minimum atomic E-state index is 0.111. The van der Waals surface area contributed by atoms with Gasteiger partial charge in [0, 0.05) is 12.6 Å². The fourth-order valence-electron chi connectivity index (χ4n) is 0.860. The normalized spacial score (nSPS) is 29.0. The SMILES string of the molecule is CC1CCNC(=O)CN1. The van der Waals surface area contributed by atoms with Gasteiger partial charge in [0.2, 0.25) is 5.91 Å². The van der Waals surface area contributed by atoms with E-state index in [2.05, 4.69) is 17.6 Å². The van der Waals surface area contributed by atoms with Gasteiger partial charge >= 0.3 is 0 Å². The highest BCUT2D eigenvalue weighted by atomic mass is 16.1. The van der Waals surface area contributed by atoms with Crippen LogP contribution in [0.1, 0.15) is 13.3 Å². The van der Waals surface area contributed by atoms with Crippen LogP contribution in [0.4, 0.5) is 0 Å². The Hall–Kier alpha value is -0.570. The molecule has 1 rings (SSSR count). The fraction of sp³-hybridized carbons (Fsp3) is 0.833. The van der Waals surface area contributed by atoms with E-state index in [9.17, 15) is 4.79 Å². The molecule has 0 radical (unpaired) electrons. The summed E-state index contributed by atoms with van der Waals surface area (Å²) in [7, 11) is 0. The second-order valence-corrected chi connectivity index (χ2v) is 2.42. The summed E-state index contributed by atoms with van der Waals surface area (Å²) in [5.41, 5.74) is 0. The monoisotopic (exact) mass is 128 g/mol. The maximum atomic E-state index is 10.7. The molecule has 1 aliphatic heterocycles. The molecule has 0 aliphatic carbocycles. The van der Waals surface area contributed by atoms with Crippen LogP contribution in [0.15, 0.2) is 0 Å². The Morgan fingerprint density at radius 3 is 3.22 bits per heavy atom. The fourth-order valence-corrected chi connectivity index (χ4v) is 0.860. The Balaban J connectivity index is 2.34. The summed E-state index contributed by atoms with van der Waals surface area (Å²) in [6.07, 6.45) is 1.03. The molecule has 1 atom stereocenters. The van der Waals surface area contributed by atoms with E-state index in [4.69, 9.17) is 0 Å². The molecule has 0 aromatic rings. The van der Waals surface area contributed by atoms with E-state index >= 15 is 0 Å². The number of hydrogen-bond donors (Lipinski definition) is 2. The van der Waals surface area contributed by atoms with Crippen molar-refractivity contribution in [2.45, 2.75) is 19.4 Å². The van der Waals surface area contributed by atoms with Crippen LogP contribution in [0.2, 0.25) is 0 Å². The summed E-state index contributed by atoms with van der Waals surface area (Å²) in [5, 5.41) is 5.86. The van der Waals surface area contributed by atoms with Gasteiger partial charge in [-0.15, -0.1) is 0 Å². The van der Waals surface area contributed by atoms with E-state index in [0.717, 1.165) is 13.0 Å². The van der Waals surface area contributed by atoms with Crippen LogP contribution in [-0.4, -0.2) is 25.0 Å². The van der Waals surface area contributed by atoms with Crippen molar-refractivity contribution < 1.29 is 4.79 Å². The number of nitrogens with one attached hydrogen (secondary N) is 2. The molecule has 1 heterocycles. The first-order valence-corrected chi connectivity index (χ1v) is 3.29. The molecule has 1 aliphatic rings. The van der Waals surface area contributed by atoms with Crippen LogP contribution in [0.3, 0.4) is 0 Å². The van der Waals surface area contributed by atoms with Gasteiger partial charge in [-0.2, -0.15) is 0 Å². The molecule has 1 unspecified atom stereocenters. The topological polar surface area (TPSA) is 41.1 Å². The van der Waals surface area contributed by atoms with Gasteiger partial charge < -0.3 is 10.6 Å². The first kappa shape index (κ1) is 6.55. The molecule has 3 nitrogen and oxygen atoms in total. The van der Waals surface area contributed by atoms with Gasteiger partial charge in [-0.05, 0) is 13.3 Å². The molecule has 0 aromatic carbocycles. The van der Waals surface area contributed by atoms with Gasteiger partial charge in [-0.3, -0.25) is 4.79 Å². The number of carbonyl (C=O) groups is 1. The van der Waals surface area contributed by atoms with Crippen LogP contribution >= 0.6 is 0 Å². The maximum Gasteiger partial charge on any atom is 0.233 e. The van der Waals surface area contributed by atoms with E-state index in [1.807, 2.05) is 0 Å². The van der Waals surface area contributed by atoms with Crippen LogP contribution < -0.4 is 10.6 Å². The Labute approximate surface area is 54.8 Å². The van der Waals surface area contributed by atoms with Crippen LogP contribution in [0, 0.1) is 0 Å². The summed E-state index contributed by atoms with van der Waals surface area (Å²) in [6.45, 7) is 3.37. The van der Waals surface area contributed by atoms with Gasteiger partial charge in [0.05, 0.1) is 6.54 Å². The van der Waals surface area contributed by atoms with E-state index < -0.39 is 0 Å². The molecule has 0 saturated carbocycles. The molecule has 0 aromatic heterocycles. The first-order chi connectivity index (χ1) is 4.29. The van der Waals surface area contributed by atoms with E-state index in [-0.39, 0.29) is 5.91 Å². The largest absolute Gasteiger partial charge is 0.355 e. The molecule has 1 amide bonds. The van der Waals surface area contributed by atoms with Crippen molar-refractivity contribution in [2.75, 3.05) is 13.1 Å². The van der Waals surface area contributed by atoms with Gasteiger partial charge in [-0.25, -0.2) is 0 Å². The lowest BCUT2D eigenvalue weighted by molar-refractivity contribution is -0.119. The molecule has 2 N–H and O–H groups in total. The molecule has 0 spiro atoms. The van der Waals surface area contributed by atoms with Crippen LogP contribution in [-0.2, 0) is 4.79 Å². The zero-order chi connectivity index (χ0) is 6.69. The summed E-state index contributed by atoms with van der Waals surface area (Å²) >= 11 is 0. The lowest BCUT2D eigenvalue weighted by Gasteiger charge is -2.04. The van der Waals surface area contributed by atoms with E-state index in [1.54, 1.807) is 0 Å². The standard InChI is InChI=1S/C6H12N2O/c1-5-2-3-7-6(9)4-8-5/h5,8H,2-4H2,1H3,(H,7,9). The zero-order valence-electron chi connectivity index (χ0n) is 5.61. The van der Waals surface area contributed by atoms with Gasteiger partial charge in [-0.1, -0.05) is 0 Å². The van der Waals surface area contributed by atoms with Crippen molar-refractivity contribution >= 4 is 5.91 Å². The van der Waals surface area contributed by atoms with E-state index in [0.29, 0.717) is 12.6 Å². The summed E-state index contributed by atoms with van der Waals surface area (Å²) in [6, 6.07) is 0.476. The Bertz CT molecular complexity index is 114. The minimum Gasteiger partial charge on any atom is -0.355 e. The summed E-state index contributed by atoms with van der Waals surface area (Å²) < 4.78 is 0. The van der Waals surface area contributed by atoms with Crippen LogP contribution in [0.25, 0.3) is 0 Å². The lowest BCUT2D eigenvalue weighted by Crippen LogP contribution is -2.31. The Kier molecular flexibility index (Phi) is 2.05. The Morgan fingerprint density at radius 2 is 2.44 bits per heavy atom. The molecule has 1 saturated heterocycles. The second kappa shape index (κ2) is 2.82. The smallest absolute Gasteiger partial charge is 0.233 e. The lowest BCUT2D eigenvalue weighted by atomic mass is 10.2. The van der Waals surface area contributed by atoms with Gasteiger partial charge in [0.1, 0.15) is 0 Å². The second-order valence-electron chi connectivity index (χ2n) is 2.42. The van der Waals surface area contributed by atoms with Gasteiger partial charge in [0.25, 0.3) is 0 Å². The highest BCUT2D eigenvalue weighted by molar-refractivity contribution is 5.78. The van der Waals surface area contributed by atoms with Crippen molar-refractivity contribution in [1.82, 2.24) is 10.6 Å². The number of rotatable bonds is 0. The molecule has 9 heavy (non-hydrogen) atoms. The van der Waals surface area contributed by atoms with Crippen molar-refractivity contribution in [3.63, 3.8) is 0 Å². The zero-order valence-corrected chi connectivity index (χ0v) is 5.61. The summed E-state index contributed by atoms with van der Waals surface area (Å²) in [4.78, 5) is 10.7. The van der Waals surface area contributed by atoms with Crippen molar-refractivity contribution in [3.05, 3.63) is 0 Å². The Morgan fingerprint density at radius 1 is 1.67 bits per heavy atom. The average Bonchev–Trinajstić information content (AvgIpc) is 1.97. The number of carbonyl (C=O) groups excluding carboxylic acids is 1. The molecular formula is C6H12N2O. The number of amides is 1. The predicted molar refractivity (Wildman–Crippen MR) is 35.1 cm³/mol. The van der Waals surface area contributed by atoms with E-state index in [1.165, 1.54) is 0 Å². The quantitative estimate of drug-likeness (QED) is 0.461. The number of hydrogen-bond acceptors (Lipinski definition) is 2. The molecular weight excluding hydrogens is 116 g/mol. The highest BCUT2D eigenvalue weighted by Crippen LogP contribution is 1.90. The maximum absolute atomic E-state index is 10.7. The minimum absolute atomic E-state index is 0.111. The molecule has 52 valence electrons. The molecule has 3 heteroatoms. The molecule has 1 fully saturated rings. The summed E-state index contributed by atoms with van der Waals surface area (Å²) in [5.74, 6) is 0.111. The third-order valence-corrected chi connectivity index (χ3v) is 1.51. The third-order valence-electron chi connectivity index (χ3n) is 1.51. The third kappa shape index (κ3) is 2.01. The van der Waals surface area contributed by atoms with Crippen LogP contribution in [0.5, 0.6) is 0 Å². The molecule has 0 bridgehead atoms. The highest BCUT2D eigenvalue weighted by Gasteiger charge is 2.09. The van der Waals surface area contributed by atoms with Crippen molar-refractivity contribution in [3.8, 4) is 0 Å². The van der Waals surface area contributed by atoms with Crippen molar-refractivity contribution in [1.29, 1.82) is 0 Å². The average molecular weight is 128 g/mol. The predicted octanol–water partition coefficient (Wildman–Crippen LogP) is -0.516. The van der Waals surface area contributed by atoms with Gasteiger partial charge in [0.15, 0.2) is 0 Å². The first-order valence-electron chi connectivity index (χ1n) is 3.29. The van der Waals surface area contributed by atoms with Crippen molar-refractivity contribution in [2.24, 2.45) is 0 Å².